The Hall–Kier alpha value is 0.0800. The van der Waals surface area contributed by atoms with Gasteiger partial charge in [-0.25, -0.2) is 13.1 Å². The van der Waals surface area contributed by atoms with Crippen LogP contribution < -0.4 is 4.72 Å². The molecule has 0 amide bonds. The standard InChI is InChI=1S/C8H15NO4S3/c1-6(8(10)11)16(12,13)9-4-7-5-14-2-3-15-7/h6-7,9H,2-5H2,1H3,(H,10,11). The van der Waals surface area contributed by atoms with Crippen molar-refractivity contribution in [1.82, 2.24) is 4.72 Å². The van der Waals surface area contributed by atoms with E-state index in [1.165, 1.54) is 6.92 Å². The molecule has 1 rings (SSSR count). The van der Waals surface area contributed by atoms with Gasteiger partial charge in [-0.1, -0.05) is 0 Å². The highest BCUT2D eigenvalue weighted by Gasteiger charge is 2.28. The first-order valence-corrected chi connectivity index (χ1v) is 8.59. The van der Waals surface area contributed by atoms with E-state index in [2.05, 4.69) is 4.72 Å². The molecule has 0 spiro atoms. The van der Waals surface area contributed by atoms with E-state index >= 15 is 0 Å². The number of sulfonamides is 1. The van der Waals surface area contributed by atoms with Crippen molar-refractivity contribution in [2.75, 3.05) is 23.8 Å². The molecule has 2 atom stereocenters. The fourth-order valence-corrected chi connectivity index (χ4v) is 4.79. The second-order valence-corrected chi connectivity index (χ2v) is 8.09. The van der Waals surface area contributed by atoms with Crippen LogP contribution in [-0.2, 0) is 14.8 Å². The average molecular weight is 285 g/mol. The largest absolute Gasteiger partial charge is 0.480 e. The lowest BCUT2D eigenvalue weighted by molar-refractivity contribution is -0.136. The smallest absolute Gasteiger partial charge is 0.323 e. The molecule has 0 aromatic rings. The van der Waals surface area contributed by atoms with E-state index in [0.717, 1.165) is 17.3 Å². The quantitative estimate of drug-likeness (QED) is 0.752. The molecule has 16 heavy (non-hydrogen) atoms. The van der Waals surface area contributed by atoms with Crippen LogP contribution in [0.15, 0.2) is 0 Å². The normalized spacial score (nSPS) is 23.9. The molecule has 8 heteroatoms. The summed E-state index contributed by atoms with van der Waals surface area (Å²) in [5.41, 5.74) is 0. The molecule has 1 saturated heterocycles. The molecule has 1 aliphatic heterocycles. The van der Waals surface area contributed by atoms with Crippen LogP contribution >= 0.6 is 23.5 Å². The summed E-state index contributed by atoms with van der Waals surface area (Å²) < 4.78 is 25.4. The maximum Gasteiger partial charge on any atom is 0.323 e. The van der Waals surface area contributed by atoms with Crippen molar-refractivity contribution in [2.45, 2.75) is 17.4 Å². The van der Waals surface area contributed by atoms with Crippen LogP contribution in [0.5, 0.6) is 0 Å². The molecule has 2 N–H and O–H groups in total. The third-order valence-corrected chi connectivity index (χ3v) is 6.76. The van der Waals surface area contributed by atoms with Crippen molar-refractivity contribution in [3.05, 3.63) is 0 Å². The van der Waals surface area contributed by atoms with Gasteiger partial charge < -0.3 is 5.11 Å². The number of hydrogen-bond donors (Lipinski definition) is 2. The third-order valence-electron chi connectivity index (χ3n) is 2.21. The zero-order valence-electron chi connectivity index (χ0n) is 8.88. The number of rotatable bonds is 5. The van der Waals surface area contributed by atoms with Gasteiger partial charge in [0.25, 0.3) is 0 Å². The summed E-state index contributed by atoms with van der Waals surface area (Å²) in [6, 6.07) is 0. The lowest BCUT2D eigenvalue weighted by atomic mass is 10.5. The second-order valence-electron chi connectivity index (χ2n) is 3.44. The minimum absolute atomic E-state index is 0.245. The number of hydrogen-bond acceptors (Lipinski definition) is 5. The average Bonchev–Trinajstić information content (AvgIpc) is 2.27. The van der Waals surface area contributed by atoms with E-state index in [-0.39, 0.29) is 5.25 Å². The molecule has 1 heterocycles. The highest BCUT2D eigenvalue weighted by atomic mass is 32.2. The summed E-state index contributed by atoms with van der Waals surface area (Å²) in [6.45, 7) is 1.49. The Bertz CT molecular complexity index is 337. The molecule has 0 aliphatic carbocycles. The Balaban J connectivity index is 2.44. The summed E-state index contributed by atoms with van der Waals surface area (Å²) >= 11 is 3.53. The molecule has 1 fully saturated rings. The molecule has 94 valence electrons. The summed E-state index contributed by atoms with van der Waals surface area (Å²) in [5.74, 6) is 1.71. The first-order chi connectivity index (χ1) is 7.43. The molecule has 1 aliphatic rings. The van der Waals surface area contributed by atoms with Crippen molar-refractivity contribution in [2.24, 2.45) is 0 Å². The highest BCUT2D eigenvalue weighted by molar-refractivity contribution is 8.06. The molecule has 0 aromatic heterocycles. The molecular weight excluding hydrogens is 270 g/mol. The maximum atomic E-state index is 11.5. The molecule has 0 saturated carbocycles. The van der Waals surface area contributed by atoms with Crippen LogP contribution in [0.2, 0.25) is 0 Å². The van der Waals surface area contributed by atoms with Gasteiger partial charge in [-0.3, -0.25) is 4.79 Å². The third kappa shape index (κ3) is 4.15. The van der Waals surface area contributed by atoms with Crippen molar-refractivity contribution >= 4 is 39.5 Å². The van der Waals surface area contributed by atoms with E-state index in [4.69, 9.17) is 5.11 Å². The van der Waals surface area contributed by atoms with Gasteiger partial charge in [0, 0.05) is 29.1 Å². The summed E-state index contributed by atoms with van der Waals surface area (Å²) in [6.07, 6.45) is 0. The van der Waals surface area contributed by atoms with Gasteiger partial charge in [0.05, 0.1) is 0 Å². The molecule has 0 radical (unpaired) electrons. The Morgan fingerprint density at radius 2 is 2.25 bits per heavy atom. The predicted octanol–water partition coefficient (Wildman–Crippen LogP) is 0.228. The van der Waals surface area contributed by atoms with Gasteiger partial charge in [0.1, 0.15) is 0 Å². The number of thioether (sulfide) groups is 2. The fourth-order valence-electron chi connectivity index (χ4n) is 1.12. The predicted molar refractivity (Wildman–Crippen MR) is 67.6 cm³/mol. The summed E-state index contributed by atoms with van der Waals surface area (Å²) in [5, 5.41) is 7.48. The van der Waals surface area contributed by atoms with Gasteiger partial charge in [0.15, 0.2) is 5.25 Å². The van der Waals surface area contributed by atoms with Gasteiger partial charge in [-0.15, -0.1) is 0 Å². The van der Waals surface area contributed by atoms with Crippen molar-refractivity contribution in [3.63, 3.8) is 0 Å². The fraction of sp³-hybridized carbons (Fsp3) is 0.875. The number of carboxylic acid groups (broad SMARTS) is 1. The van der Waals surface area contributed by atoms with Crippen LogP contribution in [0.4, 0.5) is 0 Å². The maximum absolute atomic E-state index is 11.5. The highest BCUT2D eigenvalue weighted by Crippen LogP contribution is 2.23. The first-order valence-electron chi connectivity index (χ1n) is 4.84. The topological polar surface area (TPSA) is 83.5 Å². The minimum Gasteiger partial charge on any atom is -0.480 e. The summed E-state index contributed by atoms with van der Waals surface area (Å²) in [7, 11) is -3.73. The van der Waals surface area contributed by atoms with E-state index in [0.29, 0.717) is 6.54 Å². The second kappa shape index (κ2) is 6.13. The van der Waals surface area contributed by atoms with E-state index in [1.807, 2.05) is 0 Å². The Labute approximate surface area is 104 Å². The Kier molecular flexibility index (Phi) is 5.42. The lowest BCUT2D eigenvalue weighted by Gasteiger charge is -2.21. The van der Waals surface area contributed by atoms with Crippen molar-refractivity contribution in [1.29, 1.82) is 0 Å². The van der Waals surface area contributed by atoms with Gasteiger partial charge >= 0.3 is 5.97 Å². The van der Waals surface area contributed by atoms with Crippen LogP contribution in [0.3, 0.4) is 0 Å². The first kappa shape index (κ1) is 14.1. The monoisotopic (exact) mass is 285 g/mol. The number of nitrogens with one attached hydrogen (secondary N) is 1. The van der Waals surface area contributed by atoms with Crippen molar-refractivity contribution in [3.8, 4) is 0 Å². The molecule has 5 nitrogen and oxygen atoms in total. The SMILES string of the molecule is CC(C(=O)O)S(=O)(=O)NCC1CSCCS1. The van der Waals surface area contributed by atoms with Crippen LogP contribution in [0.1, 0.15) is 6.92 Å². The van der Waals surface area contributed by atoms with E-state index in [9.17, 15) is 13.2 Å². The summed E-state index contributed by atoms with van der Waals surface area (Å²) in [4.78, 5) is 10.6. The van der Waals surface area contributed by atoms with Crippen LogP contribution in [-0.4, -0.2) is 53.8 Å². The zero-order valence-corrected chi connectivity index (χ0v) is 11.3. The lowest BCUT2D eigenvalue weighted by Crippen LogP contribution is -2.41. The molecular formula is C8H15NO4S3. The van der Waals surface area contributed by atoms with Crippen LogP contribution in [0.25, 0.3) is 0 Å². The number of carboxylic acids is 1. The van der Waals surface area contributed by atoms with E-state index in [1.54, 1.807) is 23.5 Å². The molecule has 2 unspecified atom stereocenters. The Morgan fingerprint density at radius 1 is 1.56 bits per heavy atom. The van der Waals surface area contributed by atoms with E-state index < -0.39 is 21.2 Å². The van der Waals surface area contributed by atoms with Crippen molar-refractivity contribution < 1.29 is 18.3 Å². The van der Waals surface area contributed by atoms with Gasteiger partial charge in [-0.05, 0) is 6.92 Å². The zero-order chi connectivity index (χ0) is 12.2. The number of carbonyl (C=O) groups is 1. The van der Waals surface area contributed by atoms with Gasteiger partial charge in [-0.2, -0.15) is 23.5 Å². The molecule has 0 aromatic carbocycles. The molecule has 0 bridgehead atoms. The number of aliphatic carboxylic acids is 1. The van der Waals surface area contributed by atoms with Gasteiger partial charge in [0.2, 0.25) is 10.0 Å². The van der Waals surface area contributed by atoms with Crippen LogP contribution in [0, 0.1) is 0 Å². The minimum atomic E-state index is -3.73. The Morgan fingerprint density at radius 3 is 2.75 bits per heavy atom.